The molecular weight excluding hydrogens is 490 g/mol. The zero-order chi connectivity index (χ0) is 26.9. The summed E-state index contributed by atoms with van der Waals surface area (Å²) in [6.45, 7) is 6.63. The van der Waals surface area contributed by atoms with Crippen LogP contribution in [0.5, 0.6) is 5.75 Å². The second kappa shape index (κ2) is 8.38. The largest absolute Gasteiger partial charge is 0.490 e. The highest BCUT2D eigenvalue weighted by Crippen LogP contribution is 2.67. The lowest BCUT2D eigenvalue weighted by Gasteiger charge is -2.43. The number of anilines is 2. The van der Waals surface area contributed by atoms with Gasteiger partial charge in [-0.05, 0) is 56.1 Å². The number of Topliss-reactive ketones (excluding diaryl/α,β-unsaturated/α-hetero) is 1. The number of ketones is 1. The number of benzene rings is 3. The summed E-state index contributed by atoms with van der Waals surface area (Å²) < 4.78 is 5.74. The van der Waals surface area contributed by atoms with E-state index in [-0.39, 0.29) is 23.6 Å². The van der Waals surface area contributed by atoms with Crippen LogP contribution in [0.3, 0.4) is 0 Å². The molecule has 0 saturated carbocycles. The van der Waals surface area contributed by atoms with E-state index in [4.69, 9.17) is 4.74 Å². The molecule has 2 N–H and O–H groups in total. The molecule has 4 heterocycles. The number of rotatable bonds is 5. The molecule has 2 amide bonds. The third-order valence-corrected chi connectivity index (χ3v) is 9.02. The minimum absolute atomic E-state index is 0.159. The van der Waals surface area contributed by atoms with E-state index in [1.165, 1.54) is 0 Å². The van der Waals surface area contributed by atoms with Gasteiger partial charge < -0.3 is 15.4 Å². The number of aryl methyl sites for hydroxylation is 1. The fraction of sp³-hybridized carbons (Fsp3) is 0.281. The minimum atomic E-state index is -1.45. The molecule has 2 spiro atoms. The van der Waals surface area contributed by atoms with Gasteiger partial charge in [-0.2, -0.15) is 0 Å². The van der Waals surface area contributed by atoms with Crippen LogP contribution < -0.4 is 15.4 Å². The third kappa shape index (κ3) is 2.88. The van der Waals surface area contributed by atoms with E-state index in [0.717, 1.165) is 24.0 Å². The molecule has 7 nitrogen and oxygen atoms in total. The van der Waals surface area contributed by atoms with E-state index in [2.05, 4.69) is 22.1 Å². The van der Waals surface area contributed by atoms with Crippen molar-refractivity contribution >= 4 is 29.0 Å². The van der Waals surface area contributed by atoms with Gasteiger partial charge in [0.15, 0.2) is 5.78 Å². The Morgan fingerprint density at radius 2 is 1.82 bits per heavy atom. The molecule has 4 aliphatic heterocycles. The number of carbonyl (C=O) groups excluding carboxylic acids is 3. The second-order valence-electron chi connectivity index (χ2n) is 10.9. The van der Waals surface area contributed by atoms with Gasteiger partial charge in [0.05, 0.1) is 5.92 Å². The van der Waals surface area contributed by atoms with Crippen LogP contribution >= 0.6 is 0 Å². The Morgan fingerprint density at radius 3 is 2.67 bits per heavy atom. The lowest BCUT2D eigenvalue weighted by atomic mass is 9.57. The zero-order valence-electron chi connectivity index (χ0n) is 21.7. The van der Waals surface area contributed by atoms with Crippen molar-refractivity contribution in [2.75, 3.05) is 23.8 Å². The lowest BCUT2D eigenvalue weighted by molar-refractivity contribution is -0.137. The fourth-order valence-electron chi connectivity index (χ4n) is 7.77. The van der Waals surface area contributed by atoms with Gasteiger partial charge in [0.25, 0.3) is 5.91 Å². The lowest BCUT2D eigenvalue weighted by Crippen LogP contribution is -2.62. The Hall–Kier alpha value is -4.23. The van der Waals surface area contributed by atoms with Gasteiger partial charge in [-0.25, -0.2) is 0 Å². The van der Waals surface area contributed by atoms with Crippen LogP contribution in [0, 0.1) is 12.8 Å². The Bertz CT molecular complexity index is 1580. The number of carbonyl (C=O) groups is 3. The standard InChI is InChI=1S/C32H29N3O4/c1-3-16-39-21-9-6-8-20(18-21)28(36)27-26-12-7-15-35(26)32(23-17-19(2)13-14-25(23)34-30(32)38)31(27)22-10-4-5-11-24(22)33-29(31)37/h3-6,8-11,13-14,17-18,26-27H,1,7,12,15-16H2,2H3,(H,33,37)(H,34,38)/t26-,27-,31+,32+/m0/s1. The highest BCUT2D eigenvalue weighted by Gasteiger charge is 2.81. The molecule has 7 heteroatoms. The monoisotopic (exact) mass is 519 g/mol. The molecule has 0 bridgehead atoms. The quantitative estimate of drug-likeness (QED) is 0.381. The van der Waals surface area contributed by atoms with E-state index >= 15 is 0 Å². The van der Waals surface area contributed by atoms with Gasteiger partial charge in [0.1, 0.15) is 23.3 Å². The Labute approximate surface area is 226 Å². The molecule has 0 aromatic heterocycles. The zero-order valence-corrected chi connectivity index (χ0v) is 21.7. The van der Waals surface area contributed by atoms with Crippen molar-refractivity contribution in [1.29, 1.82) is 0 Å². The van der Waals surface area contributed by atoms with E-state index in [1.54, 1.807) is 30.3 Å². The molecule has 4 aliphatic rings. The molecule has 4 atom stereocenters. The molecule has 7 rings (SSSR count). The minimum Gasteiger partial charge on any atom is -0.490 e. The average molecular weight is 520 g/mol. The van der Waals surface area contributed by atoms with E-state index < -0.39 is 16.9 Å². The summed E-state index contributed by atoms with van der Waals surface area (Å²) in [6.07, 6.45) is 3.21. The third-order valence-electron chi connectivity index (χ3n) is 9.02. The highest BCUT2D eigenvalue weighted by atomic mass is 16.5. The van der Waals surface area contributed by atoms with Crippen LogP contribution in [0.1, 0.15) is 39.9 Å². The SMILES string of the molecule is C=CCOc1cccc(C(=O)[C@@H]2[C@@H]3CCCN3[C@]3(C(=O)Nc4ccc(C)cc43)[C@@]23C(=O)Nc2ccccc23)c1. The number of hydrogen-bond acceptors (Lipinski definition) is 5. The van der Waals surface area contributed by atoms with Gasteiger partial charge in [0, 0.05) is 28.5 Å². The van der Waals surface area contributed by atoms with Crippen LogP contribution in [0.2, 0.25) is 0 Å². The van der Waals surface area contributed by atoms with E-state index in [0.29, 0.717) is 41.4 Å². The molecule has 39 heavy (non-hydrogen) atoms. The average Bonchev–Trinajstić information content (AvgIpc) is 3.66. The van der Waals surface area contributed by atoms with Gasteiger partial charge in [0.2, 0.25) is 5.91 Å². The molecule has 2 fully saturated rings. The number of ether oxygens (including phenoxy) is 1. The molecule has 3 aromatic carbocycles. The van der Waals surface area contributed by atoms with Crippen LogP contribution in [-0.4, -0.2) is 41.7 Å². The summed E-state index contributed by atoms with van der Waals surface area (Å²) in [4.78, 5) is 45.9. The fourth-order valence-corrected chi connectivity index (χ4v) is 7.77. The topological polar surface area (TPSA) is 87.7 Å². The number of para-hydroxylation sites is 1. The maximum Gasteiger partial charge on any atom is 0.251 e. The van der Waals surface area contributed by atoms with E-state index in [1.807, 2.05) is 49.4 Å². The molecule has 3 aromatic rings. The molecule has 196 valence electrons. The Kier molecular flexibility index (Phi) is 5.13. The van der Waals surface area contributed by atoms with Crippen molar-refractivity contribution in [2.45, 2.75) is 36.8 Å². The van der Waals surface area contributed by atoms with Crippen molar-refractivity contribution in [3.8, 4) is 5.75 Å². The normalized spacial score (nSPS) is 28.2. The van der Waals surface area contributed by atoms with Crippen molar-refractivity contribution in [1.82, 2.24) is 4.90 Å². The smallest absolute Gasteiger partial charge is 0.251 e. The van der Waals surface area contributed by atoms with Crippen molar-refractivity contribution in [2.24, 2.45) is 5.92 Å². The van der Waals surface area contributed by atoms with Crippen LogP contribution in [-0.2, 0) is 20.5 Å². The maximum atomic E-state index is 14.7. The van der Waals surface area contributed by atoms with Crippen LogP contribution in [0.25, 0.3) is 0 Å². The second-order valence-corrected chi connectivity index (χ2v) is 10.9. The van der Waals surface area contributed by atoms with E-state index in [9.17, 15) is 14.4 Å². The summed E-state index contributed by atoms with van der Waals surface area (Å²) >= 11 is 0. The first-order valence-corrected chi connectivity index (χ1v) is 13.4. The molecule has 0 unspecified atom stereocenters. The number of nitrogens with one attached hydrogen (secondary N) is 2. The van der Waals surface area contributed by atoms with Gasteiger partial charge in [-0.3, -0.25) is 19.3 Å². The molecular formula is C32H29N3O4. The van der Waals surface area contributed by atoms with Gasteiger partial charge in [-0.1, -0.05) is 60.7 Å². The molecule has 0 radical (unpaired) electrons. The first-order chi connectivity index (χ1) is 18.9. The summed E-state index contributed by atoms with van der Waals surface area (Å²) in [6, 6.07) is 20.2. The van der Waals surface area contributed by atoms with Crippen molar-refractivity contribution in [3.63, 3.8) is 0 Å². The Balaban J connectivity index is 1.52. The van der Waals surface area contributed by atoms with Gasteiger partial charge in [-0.15, -0.1) is 0 Å². The highest BCUT2D eigenvalue weighted by molar-refractivity contribution is 6.21. The van der Waals surface area contributed by atoms with Crippen molar-refractivity contribution < 1.29 is 19.1 Å². The predicted octanol–water partition coefficient (Wildman–Crippen LogP) is 4.57. The maximum absolute atomic E-state index is 14.7. The number of nitrogens with zero attached hydrogens (tertiary/aromatic N) is 1. The number of fused-ring (bicyclic) bond motifs is 7. The van der Waals surface area contributed by atoms with Crippen LogP contribution in [0.15, 0.2) is 79.4 Å². The van der Waals surface area contributed by atoms with Gasteiger partial charge >= 0.3 is 0 Å². The summed E-state index contributed by atoms with van der Waals surface area (Å²) in [5, 5.41) is 6.18. The summed E-state index contributed by atoms with van der Waals surface area (Å²) in [7, 11) is 0. The summed E-state index contributed by atoms with van der Waals surface area (Å²) in [5.74, 6) is -0.939. The first-order valence-electron chi connectivity index (χ1n) is 13.4. The number of amides is 2. The number of hydrogen-bond donors (Lipinski definition) is 2. The summed E-state index contributed by atoms with van der Waals surface area (Å²) in [5.41, 5.74) is 1.46. The first kappa shape index (κ1) is 23.9. The molecule has 2 saturated heterocycles. The Morgan fingerprint density at radius 1 is 1.03 bits per heavy atom. The van der Waals surface area contributed by atoms with Crippen LogP contribution in [0.4, 0.5) is 11.4 Å². The predicted molar refractivity (Wildman–Crippen MR) is 148 cm³/mol. The van der Waals surface area contributed by atoms with Crippen molar-refractivity contribution in [3.05, 3.63) is 102 Å². The molecule has 0 aliphatic carbocycles.